The van der Waals surface area contributed by atoms with Crippen molar-refractivity contribution < 1.29 is 19.7 Å². The summed E-state index contributed by atoms with van der Waals surface area (Å²) in [5, 5.41) is 17.4. The molecule has 1 aromatic rings. The second-order valence-corrected chi connectivity index (χ2v) is 9.23. The Balaban J connectivity index is 0.000000758. The first-order chi connectivity index (χ1) is 12.4. The molecular weight excluding hydrogens is 443 g/mol. The van der Waals surface area contributed by atoms with E-state index >= 15 is 0 Å². The predicted octanol–water partition coefficient (Wildman–Crippen LogP) is 5.53. The molecule has 152 valence electrons. The Bertz CT molecular complexity index is 443. The molecule has 1 aromatic carbocycles. The first-order valence-electron chi connectivity index (χ1n) is 9.73. The number of unbranched alkanes of at least 4 members (excludes halogenated alkanes) is 3. The summed E-state index contributed by atoms with van der Waals surface area (Å²) in [6, 6.07) is 10.5. The van der Waals surface area contributed by atoms with Crippen LogP contribution in [-0.2, 0) is 11.2 Å². The zero-order valence-corrected chi connectivity index (χ0v) is 18.9. The van der Waals surface area contributed by atoms with Gasteiger partial charge in [-0.15, -0.1) is 0 Å². The van der Waals surface area contributed by atoms with Gasteiger partial charge in [-0.25, -0.2) is 0 Å². The molecule has 0 amide bonds. The first-order valence-corrected chi connectivity index (χ1v) is 12.5. The van der Waals surface area contributed by atoms with Gasteiger partial charge in [-0.05, 0) is 12.8 Å². The maximum absolute atomic E-state index is 11.4. The van der Waals surface area contributed by atoms with E-state index in [1.807, 2.05) is 6.07 Å². The molecule has 4 nitrogen and oxygen atoms in total. The van der Waals surface area contributed by atoms with Crippen LogP contribution in [0.4, 0.5) is 4.79 Å². The summed E-state index contributed by atoms with van der Waals surface area (Å²) in [7, 11) is 0. The molecule has 0 radical (unpaired) electrons. The van der Waals surface area contributed by atoms with Crippen molar-refractivity contribution in [1.29, 1.82) is 0 Å². The van der Waals surface area contributed by atoms with E-state index in [0.717, 1.165) is 23.7 Å². The third-order valence-corrected chi connectivity index (χ3v) is 6.44. The van der Waals surface area contributed by atoms with Crippen molar-refractivity contribution in [3.63, 3.8) is 0 Å². The van der Waals surface area contributed by atoms with Gasteiger partial charge in [0.2, 0.25) is 0 Å². The molecule has 26 heavy (non-hydrogen) atoms. The average molecular weight is 480 g/mol. The van der Waals surface area contributed by atoms with Crippen molar-refractivity contribution in [2.24, 2.45) is 0 Å². The molecule has 0 aromatic heterocycles. The van der Waals surface area contributed by atoms with E-state index in [1.54, 1.807) is 13.8 Å². The van der Waals surface area contributed by atoms with Gasteiger partial charge in [0.15, 0.2) is 5.79 Å². The van der Waals surface area contributed by atoms with Gasteiger partial charge >= 0.3 is 127 Å². The molecule has 0 fully saturated rings. The third-order valence-electron chi connectivity index (χ3n) is 4.02. The molecule has 0 bridgehead atoms. The van der Waals surface area contributed by atoms with E-state index in [0.29, 0.717) is 19.4 Å². The Morgan fingerprint density at radius 1 is 1.00 bits per heavy atom. The van der Waals surface area contributed by atoms with E-state index in [-0.39, 0.29) is 3.98 Å². The molecule has 0 atom stereocenters. The quantitative estimate of drug-likeness (QED) is 0.136. The van der Waals surface area contributed by atoms with Gasteiger partial charge in [0.1, 0.15) is 0 Å². The fourth-order valence-corrected chi connectivity index (χ4v) is 4.19. The molecule has 0 spiro atoms. The van der Waals surface area contributed by atoms with Gasteiger partial charge in [0.05, 0.1) is 0 Å². The van der Waals surface area contributed by atoms with Crippen LogP contribution in [0.2, 0.25) is 0 Å². The number of carbonyl (C=O) groups excluding carboxylic acids is 1. The summed E-state index contributed by atoms with van der Waals surface area (Å²) >= 11 is -0.541. The number of alkyl halides is 1. The van der Waals surface area contributed by atoms with E-state index in [1.165, 1.54) is 24.8 Å². The Hall–Kier alpha value is -0.660. The van der Waals surface area contributed by atoms with Crippen LogP contribution in [0.15, 0.2) is 30.3 Å². The van der Waals surface area contributed by atoms with Gasteiger partial charge < -0.3 is 10.2 Å². The van der Waals surface area contributed by atoms with Crippen LogP contribution in [0, 0.1) is 0 Å². The average Bonchev–Trinajstić information content (AvgIpc) is 2.66. The number of rotatable bonds is 12. The van der Waals surface area contributed by atoms with Crippen molar-refractivity contribution in [3.8, 4) is 0 Å². The zero-order chi connectivity index (χ0) is 19.7. The Kier molecular flexibility index (Phi) is 16.1. The zero-order valence-electron chi connectivity index (χ0n) is 16.6. The summed E-state index contributed by atoms with van der Waals surface area (Å²) in [6.45, 7) is 6.25. The van der Waals surface area contributed by atoms with Crippen LogP contribution in [0.1, 0.15) is 71.3 Å². The molecule has 0 aliphatic heterocycles. The second kappa shape index (κ2) is 16.5. The standard InChI is InChI=1S/C16H25IO2.C5H12O2/c1-2-3-13-17-16(18)19-14-9-5-8-12-15-10-6-4-7-11-15;1-3-5(6,7)4-2/h4,6-7,10-11,17H,2-3,5,8-9,12-14H2,1H3;6-7H,3-4H2,1-2H3. The summed E-state index contributed by atoms with van der Waals surface area (Å²) in [6.07, 6.45) is 7.60. The van der Waals surface area contributed by atoms with E-state index in [4.69, 9.17) is 14.9 Å². The van der Waals surface area contributed by atoms with Crippen LogP contribution < -0.4 is 0 Å². The number of ether oxygens (including phenoxy) is 1. The summed E-state index contributed by atoms with van der Waals surface area (Å²) in [5.41, 5.74) is 1.39. The molecule has 0 saturated carbocycles. The van der Waals surface area contributed by atoms with Crippen LogP contribution in [0.3, 0.4) is 0 Å². The maximum atomic E-state index is 11.4. The molecule has 1 rings (SSSR count). The normalized spacial score (nSPS) is 11.0. The van der Waals surface area contributed by atoms with Crippen LogP contribution in [0.25, 0.3) is 0 Å². The topological polar surface area (TPSA) is 66.8 Å². The van der Waals surface area contributed by atoms with Crippen molar-refractivity contribution in [1.82, 2.24) is 0 Å². The van der Waals surface area contributed by atoms with Crippen molar-refractivity contribution in [2.75, 3.05) is 11.0 Å². The second-order valence-electron chi connectivity index (χ2n) is 6.29. The van der Waals surface area contributed by atoms with E-state index in [9.17, 15) is 4.79 Å². The molecule has 0 aliphatic carbocycles. The molecule has 0 unspecified atom stereocenters. The van der Waals surface area contributed by atoms with E-state index in [2.05, 4.69) is 31.2 Å². The van der Waals surface area contributed by atoms with Gasteiger partial charge in [-0.2, -0.15) is 0 Å². The third kappa shape index (κ3) is 15.6. The van der Waals surface area contributed by atoms with Crippen molar-refractivity contribution >= 4 is 25.2 Å². The number of halogens is 1. The Morgan fingerprint density at radius 2 is 1.65 bits per heavy atom. The fraction of sp³-hybridized carbons (Fsp3) is 0.667. The number of aryl methyl sites for hydroxylation is 1. The van der Waals surface area contributed by atoms with Crippen LogP contribution in [0.5, 0.6) is 0 Å². The van der Waals surface area contributed by atoms with Crippen LogP contribution in [-0.4, -0.2) is 31.0 Å². The molecule has 0 saturated heterocycles. The van der Waals surface area contributed by atoms with E-state index < -0.39 is 27.0 Å². The predicted molar refractivity (Wildman–Crippen MR) is 118 cm³/mol. The minimum atomic E-state index is -1.42. The summed E-state index contributed by atoms with van der Waals surface area (Å²) in [5.74, 6) is -1.42. The Labute approximate surface area is 169 Å². The van der Waals surface area contributed by atoms with Gasteiger partial charge in [-0.1, -0.05) is 13.8 Å². The SMILES string of the molecule is CCC(O)(O)CC.CCCC[IH]C(=O)OCCCCCc1ccccc1. The fourth-order valence-electron chi connectivity index (χ4n) is 2.00. The van der Waals surface area contributed by atoms with Crippen molar-refractivity contribution in [2.45, 2.75) is 77.9 Å². The van der Waals surface area contributed by atoms with Crippen molar-refractivity contribution in [3.05, 3.63) is 35.9 Å². The first kappa shape index (κ1) is 25.3. The number of carbonyl (C=O) groups is 1. The van der Waals surface area contributed by atoms with Crippen LogP contribution >= 0.6 is 21.2 Å². The number of hydrogen-bond donors (Lipinski definition) is 2. The monoisotopic (exact) mass is 480 g/mol. The number of hydrogen-bond acceptors (Lipinski definition) is 4. The molecule has 5 heteroatoms. The number of benzene rings is 1. The van der Waals surface area contributed by atoms with Gasteiger partial charge in [0, 0.05) is 0 Å². The molecule has 2 N–H and O–H groups in total. The van der Waals surface area contributed by atoms with Gasteiger partial charge in [-0.3, -0.25) is 0 Å². The molecule has 0 heterocycles. The Morgan fingerprint density at radius 3 is 2.19 bits per heavy atom. The van der Waals surface area contributed by atoms with Gasteiger partial charge in [0.25, 0.3) is 0 Å². The molecular formula is C21H37IO4. The summed E-state index contributed by atoms with van der Waals surface area (Å²) in [4.78, 5) is 11.4. The minimum absolute atomic E-state index is 0.0990. The molecule has 0 aliphatic rings. The summed E-state index contributed by atoms with van der Waals surface area (Å²) < 4.78 is 6.45. The number of aliphatic hydroxyl groups is 2.